The number of aromatic nitrogens is 4. The molecule has 0 aliphatic rings. The van der Waals surface area contributed by atoms with Gasteiger partial charge in [-0.05, 0) is 12.1 Å². The predicted octanol–water partition coefficient (Wildman–Crippen LogP) is 3.48. The lowest BCUT2D eigenvalue weighted by molar-refractivity contribution is 0.895. The van der Waals surface area contributed by atoms with Gasteiger partial charge >= 0.3 is 0 Å². The van der Waals surface area contributed by atoms with Gasteiger partial charge in [0.25, 0.3) is 0 Å². The van der Waals surface area contributed by atoms with E-state index < -0.39 is 0 Å². The van der Waals surface area contributed by atoms with Gasteiger partial charge in [0.2, 0.25) is 0 Å². The van der Waals surface area contributed by atoms with E-state index in [1.54, 1.807) is 6.33 Å². The molecule has 0 spiro atoms. The van der Waals surface area contributed by atoms with Crippen LogP contribution in [0.4, 0.5) is 0 Å². The summed E-state index contributed by atoms with van der Waals surface area (Å²) in [5, 5.41) is 5.42. The first kappa shape index (κ1) is 11.8. The third-order valence-corrected chi connectivity index (χ3v) is 3.41. The number of hydrogen-bond acceptors (Lipinski definition) is 3. The van der Waals surface area contributed by atoms with Crippen molar-refractivity contribution < 1.29 is 0 Å². The van der Waals surface area contributed by atoms with E-state index in [4.69, 9.17) is 0 Å². The van der Waals surface area contributed by atoms with Gasteiger partial charge in [-0.3, -0.25) is 0 Å². The van der Waals surface area contributed by atoms with Crippen LogP contribution in [0.2, 0.25) is 0 Å². The van der Waals surface area contributed by atoms with Crippen molar-refractivity contribution in [3.05, 3.63) is 73.2 Å². The van der Waals surface area contributed by atoms with Gasteiger partial charge in [-0.25, -0.2) is 14.6 Å². The van der Waals surface area contributed by atoms with Crippen LogP contribution in [0.3, 0.4) is 0 Å². The summed E-state index contributed by atoms with van der Waals surface area (Å²) < 4.78 is 1.84. The summed E-state index contributed by atoms with van der Waals surface area (Å²) >= 11 is 0. The fourth-order valence-electron chi connectivity index (χ4n) is 2.43. The number of benzene rings is 2. The first-order valence-electron chi connectivity index (χ1n) is 6.73. The Hall–Kier alpha value is -3.01. The largest absolute Gasteiger partial charge is 0.235 e. The normalized spacial score (nSPS) is 10.9. The van der Waals surface area contributed by atoms with E-state index in [-0.39, 0.29) is 0 Å². The molecule has 0 atom stereocenters. The van der Waals surface area contributed by atoms with Crippen LogP contribution in [0.1, 0.15) is 0 Å². The maximum atomic E-state index is 4.47. The number of hydrogen-bond donors (Lipinski definition) is 0. The maximum Gasteiger partial charge on any atom is 0.166 e. The van der Waals surface area contributed by atoms with Crippen LogP contribution in [-0.2, 0) is 0 Å². The summed E-state index contributed by atoms with van der Waals surface area (Å²) in [6, 6.07) is 20.1. The molecule has 0 saturated heterocycles. The van der Waals surface area contributed by atoms with Crippen LogP contribution in [0.5, 0.6) is 0 Å². The zero-order valence-electron chi connectivity index (χ0n) is 11.2. The van der Waals surface area contributed by atoms with E-state index in [1.165, 1.54) is 0 Å². The van der Waals surface area contributed by atoms with Crippen molar-refractivity contribution in [1.82, 2.24) is 19.7 Å². The molecule has 0 unspecified atom stereocenters. The van der Waals surface area contributed by atoms with Gasteiger partial charge in [-0.2, -0.15) is 5.10 Å². The van der Waals surface area contributed by atoms with E-state index in [9.17, 15) is 0 Å². The number of para-hydroxylation sites is 1. The summed E-state index contributed by atoms with van der Waals surface area (Å²) in [6.07, 6.45) is 3.41. The molecule has 0 N–H and O–H groups in total. The fraction of sp³-hybridized carbons (Fsp3) is 0. The Bertz CT molecular complexity index is 882. The molecule has 0 saturated carbocycles. The van der Waals surface area contributed by atoms with Crippen LogP contribution in [-0.4, -0.2) is 19.7 Å². The average Bonchev–Trinajstić information content (AvgIpc) is 3.00. The van der Waals surface area contributed by atoms with Crippen LogP contribution in [0.25, 0.3) is 28.0 Å². The minimum atomic E-state index is 0.815. The van der Waals surface area contributed by atoms with E-state index in [2.05, 4.69) is 15.1 Å². The second-order valence-electron chi connectivity index (χ2n) is 4.72. The van der Waals surface area contributed by atoms with Crippen LogP contribution in [0.15, 0.2) is 73.2 Å². The molecule has 0 aliphatic carbocycles. The molecule has 4 rings (SSSR count). The van der Waals surface area contributed by atoms with E-state index in [1.807, 2.05) is 71.5 Å². The van der Waals surface area contributed by atoms with Crippen molar-refractivity contribution in [3.8, 4) is 16.9 Å². The third-order valence-electron chi connectivity index (χ3n) is 3.41. The lowest BCUT2D eigenvalue weighted by Crippen LogP contribution is -1.97. The molecule has 2 aromatic carbocycles. The number of nitrogens with zero attached hydrogens (tertiary/aromatic N) is 4. The van der Waals surface area contributed by atoms with Crippen molar-refractivity contribution in [2.75, 3.05) is 0 Å². The molecule has 4 aromatic rings. The summed E-state index contributed by atoms with van der Waals surface area (Å²) in [6.45, 7) is 0. The Morgan fingerprint density at radius 3 is 2.24 bits per heavy atom. The molecule has 21 heavy (non-hydrogen) atoms. The summed E-state index contributed by atoms with van der Waals surface area (Å²) in [4.78, 5) is 8.81. The molecule has 2 heterocycles. The van der Waals surface area contributed by atoms with Gasteiger partial charge in [0.05, 0.1) is 23.0 Å². The molecule has 100 valence electrons. The highest BCUT2D eigenvalue weighted by molar-refractivity contribution is 5.90. The molecule has 0 bridgehead atoms. The predicted molar refractivity (Wildman–Crippen MR) is 82.1 cm³/mol. The maximum absolute atomic E-state index is 4.47. The zero-order chi connectivity index (χ0) is 14.1. The number of rotatable bonds is 2. The van der Waals surface area contributed by atoms with Crippen LogP contribution >= 0.6 is 0 Å². The van der Waals surface area contributed by atoms with Gasteiger partial charge < -0.3 is 0 Å². The van der Waals surface area contributed by atoms with Crippen LogP contribution in [0, 0.1) is 0 Å². The Morgan fingerprint density at radius 2 is 1.48 bits per heavy atom. The quantitative estimate of drug-likeness (QED) is 0.561. The van der Waals surface area contributed by atoms with Gasteiger partial charge in [0.1, 0.15) is 6.33 Å². The summed E-state index contributed by atoms with van der Waals surface area (Å²) in [5.74, 6) is 0. The molecular weight excluding hydrogens is 260 g/mol. The third kappa shape index (κ3) is 1.97. The Balaban J connectivity index is 1.96. The highest BCUT2D eigenvalue weighted by atomic mass is 15.3. The zero-order valence-corrected chi connectivity index (χ0v) is 11.2. The van der Waals surface area contributed by atoms with Crippen LogP contribution < -0.4 is 0 Å². The Morgan fingerprint density at radius 1 is 0.762 bits per heavy atom. The molecule has 2 aromatic heterocycles. The average molecular weight is 272 g/mol. The number of fused-ring (bicyclic) bond motifs is 1. The monoisotopic (exact) mass is 272 g/mol. The van der Waals surface area contributed by atoms with Crippen molar-refractivity contribution in [1.29, 1.82) is 0 Å². The van der Waals surface area contributed by atoms with Crippen molar-refractivity contribution in [2.24, 2.45) is 0 Å². The van der Waals surface area contributed by atoms with Crippen molar-refractivity contribution in [3.63, 3.8) is 0 Å². The molecule has 0 fully saturated rings. The first-order valence-corrected chi connectivity index (χ1v) is 6.73. The minimum Gasteiger partial charge on any atom is -0.235 e. The Kier molecular flexibility index (Phi) is 2.71. The minimum absolute atomic E-state index is 0.815. The fourth-order valence-corrected chi connectivity index (χ4v) is 2.43. The van der Waals surface area contributed by atoms with Gasteiger partial charge in [-0.15, -0.1) is 0 Å². The molecular formula is C17H12N4. The van der Waals surface area contributed by atoms with Gasteiger partial charge in [0, 0.05) is 5.56 Å². The van der Waals surface area contributed by atoms with E-state index in [0.717, 1.165) is 28.0 Å². The highest BCUT2D eigenvalue weighted by Crippen LogP contribution is 2.25. The summed E-state index contributed by atoms with van der Waals surface area (Å²) in [5.41, 5.74) is 3.78. The first-order chi connectivity index (χ1) is 10.4. The highest BCUT2D eigenvalue weighted by Gasteiger charge is 2.11. The van der Waals surface area contributed by atoms with Crippen molar-refractivity contribution in [2.45, 2.75) is 0 Å². The molecule has 0 amide bonds. The topological polar surface area (TPSA) is 43.6 Å². The second kappa shape index (κ2) is 4.83. The SMILES string of the molecule is c1ccc(-c2ncnc3c2cnn3-c2ccccc2)cc1. The lowest BCUT2D eigenvalue weighted by Gasteiger charge is -2.04. The van der Waals surface area contributed by atoms with Gasteiger partial charge in [0.15, 0.2) is 5.65 Å². The van der Waals surface area contributed by atoms with E-state index >= 15 is 0 Å². The smallest absolute Gasteiger partial charge is 0.166 e. The standard InChI is InChI=1S/C17H12N4/c1-3-7-13(8-4-1)16-15-11-20-21(17(15)19-12-18-16)14-9-5-2-6-10-14/h1-12H. The molecule has 4 heteroatoms. The Labute approximate surface area is 121 Å². The molecule has 0 radical (unpaired) electrons. The van der Waals surface area contributed by atoms with Crippen molar-refractivity contribution >= 4 is 11.0 Å². The lowest BCUT2D eigenvalue weighted by atomic mass is 10.1. The molecule has 0 aliphatic heterocycles. The molecule has 4 nitrogen and oxygen atoms in total. The second-order valence-corrected chi connectivity index (χ2v) is 4.72. The summed E-state index contributed by atoms with van der Waals surface area (Å²) in [7, 11) is 0. The van der Waals surface area contributed by atoms with E-state index in [0.29, 0.717) is 0 Å². The van der Waals surface area contributed by atoms with Gasteiger partial charge in [-0.1, -0.05) is 48.5 Å².